The summed E-state index contributed by atoms with van der Waals surface area (Å²) in [4.78, 5) is 18.6. The molecule has 3 N–H and O–H groups in total. The highest BCUT2D eigenvalue weighted by molar-refractivity contribution is 7.16. The van der Waals surface area contributed by atoms with Crippen LogP contribution in [0.1, 0.15) is 17.7 Å². The maximum atomic E-state index is 12.0. The van der Waals surface area contributed by atoms with Crippen molar-refractivity contribution in [2.24, 2.45) is 11.7 Å². The van der Waals surface area contributed by atoms with Crippen LogP contribution in [0.2, 0.25) is 5.15 Å². The standard InChI is InChI=1S/C12H16ClN5OS/c13-10-9(6-15)20-12(17-10)18-5-1-2-8(7-18)11(19)16-4-3-14/h8H,1-5,7,14H2,(H,16,19). The van der Waals surface area contributed by atoms with Crippen LogP contribution in [0, 0.1) is 17.2 Å². The third-order valence-corrected chi connectivity index (χ3v) is 4.59. The maximum Gasteiger partial charge on any atom is 0.224 e. The number of piperidine rings is 1. The first-order valence-corrected chi connectivity index (χ1v) is 7.64. The van der Waals surface area contributed by atoms with Gasteiger partial charge in [0.25, 0.3) is 0 Å². The highest BCUT2D eigenvalue weighted by Crippen LogP contribution is 2.31. The number of nitrogens with zero attached hydrogens (tertiary/aromatic N) is 3. The number of carbonyl (C=O) groups is 1. The van der Waals surface area contributed by atoms with Crippen LogP contribution in [0.25, 0.3) is 0 Å². The molecule has 1 aliphatic heterocycles. The predicted molar refractivity (Wildman–Crippen MR) is 78.8 cm³/mol. The van der Waals surface area contributed by atoms with Crippen molar-refractivity contribution in [1.82, 2.24) is 10.3 Å². The summed E-state index contributed by atoms with van der Waals surface area (Å²) < 4.78 is 0. The van der Waals surface area contributed by atoms with E-state index >= 15 is 0 Å². The van der Waals surface area contributed by atoms with Crippen LogP contribution in [0.5, 0.6) is 0 Å². The minimum absolute atomic E-state index is 0.0308. The first-order chi connectivity index (χ1) is 9.65. The van der Waals surface area contributed by atoms with E-state index in [1.165, 1.54) is 11.3 Å². The van der Waals surface area contributed by atoms with Gasteiger partial charge in [0.1, 0.15) is 10.9 Å². The summed E-state index contributed by atoms with van der Waals surface area (Å²) in [5.41, 5.74) is 5.38. The quantitative estimate of drug-likeness (QED) is 0.863. The molecule has 1 aromatic heterocycles. The van der Waals surface area contributed by atoms with Gasteiger partial charge in [0.05, 0.1) is 5.92 Å². The molecular formula is C12H16ClN5OS. The smallest absolute Gasteiger partial charge is 0.224 e. The lowest BCUT2D eigenvalue weighted by molar-refractivity contribution is -0.125. The van der Waals surface area contributed by atoms with Crippen LogP contribution in [-0.4, -0.2) is 37.1 Å². The summed E-state index contributed by atoms with van der Waals surface area (Å²) in [6.07, 6.45) is 1.77. The number of hydrogen-bond acceptors (Lipinski definition) is 6. The number of anilines is 1. The van der Waals surface area contributed by atoms with Crippen molar-refractivity contribution in [3.8, 4) is 6.07 Å². The molecule has 0 spiro atoms. The molecule has 1 amide bonds. The summed E-state index contributed by atoms with van der Waals surface area (Å²) >= 11 is 7.16. The average Bonchev–Trinajstić information content (AvgIpc) is 2.86. The average molecular weight is 314 g/mol. The molecule has 1 fully saturated rings. The number of thiazole rings is 1. The van der Waals surface area contributed by atoms with Crippen molar-refractivity contribution in [1.29, 1.82) is 5.26 Å². The van der Waals surface area contributed by atoms with Gasteiger partial charge in [-0.15, -0.1) is 0 Å². The van der Waals surface area contributed by atoms with Crippen molar-refractivity contribution < 1.29 is 4.79 Å². The number of nitrogens with one attached hydrogen (secondary N) is 1. The number of carbonyl (C=O) groups excluding carboxylic acids is 1. The lowest BCUT2D eigenvalue weighted by Gasteiger charge is -2.31. The first kappa shape index (κ1) is 15.0. The Hall–Kier alpha value is -1.36. The minimum atomic E-state index is -0.0662. The van der Waals surface area contributed by atoms with Gasteiger partial charge in [-0.25, -0.2) is 4.98 Å². The van der Waals surface area contributed by atoms with Crippen LogP contribution in [0.4, 0.5) is 5.13 Å². The minimum Gasteiger partial charge on any atom is -0.355 e. The van der Waals surface area contributed by atoms with E-state index in [1.807, 2.05) is 11.0 Å². The Kier molecular flexibility index (Phi) is 5.17. The van der Waals surface area contributed by atoms with Crippen molar-refractivity contribution in [3.63, 3.8) is 0 Å². The monoisotopic (exact) mass is 313 g/mol. The summed E-state index contributed by atoms with van der Waals surface area (Å²) in [5.74, 6) is -0.0354. The number of rotatable bonds is 4. The van der Waals surface area contributed by atoms with Gasteiger partial charge in [-0.2, -0.15) is 5.26 Å². The second kappa shape index (κ2) is 6.88. The summed E-state index contributed by atoms with van der Waals surface area (Å²) in [7, 11) is 0. The van der Waals surface area contributed by atoms with Gasteiger partial charge in [-0.05, 0) is 12.8 Å². The molecule has 0 aliphatic carbocycles. The van der Waals surface area contributed by atoms with Gasteiger partial charge in [0.15, 0.2) is 10.3 Å². The molecule has 8 heteroatoms. The summed E-state index contributed by atoms with van der Waals surface area (Å²) in [6, 6.07) is 2.02. The van der Waals surface area contributed by atoms with Crippen LogP contribution in [0.3, 0.4) is 0 Å². The molecule has 6 nitrogen and oxygen atoms in total. The fraction of sp³-hybridized carbons (Fsp3) is 0.583. The molecule has 1 aliphatic rings. The fourth-order valence-electron chi connectivity index (χ4n) is 2.20. The molecule has 1 aromatic rings. The number of hydrogen-bond donors (Lipinski definition) is 2. The zero-order valence-corrected chi connectivity index (χ0v) is 12.5. The van der Waals surface area contributed by atoms with Gasteiger partial charge < -0.3 is 16.0 Å². The largest absolute Gasteiger partial charge is 0.355 e. The molecule has 0 radical (unpaired) electrons. The second-order valence-corrected chi connectivity index (χ2v) is 5.93. The highest BCUT2D eigenvalue weighted by Gasteiger charge is 2.27. The number of nitrogens with two attached hydrogens (primary N) is 1. The fourth-order valence-corrected chi connectivity index (χ4v) is 3.28. The van der Waals surface area contributed by atoms with Crippen molar-refractivity contribution in [2.45, 2.75) is 12.8 Å². The van der Waals surface area contributed by atoms with Gasteiger partial charge in [0.2, 0.25) is 5.91 Å². The summed E-state index contributed by atoms with van der Waals surface area (Å²) in [5, 5.41) is 12.7. The Labute approximate surface area is 126 Å². The molecule has 1 saturated heterocycles. The Morgan fingerprint density at radius 3 is 3.15 bits per heavy atom. The van der Waals surface area contributed by atoms with Crippen LogP contribution in [0.15, 0.2) is 0 Å². The second-order valence-electron chi connectivity index (χ2n) is 4.59. The van der Waals surface area contributed by atoms with Crippen LogP contribution in [-0.2, 0) is 4.79 Å². The van der Waals surface area contributed by atoms with Gasteiger partial charge in [0, 0.05) is 26.2 Å². The molecular weight excluding hydrogens is 298 g/mol. The summed E-state index contributed by atoms with van der Waals surface area (Å²) in [6.45, 7) is 2.37. The van der Waals surface area contributed by atoms with E-state index in [-0.39, 0.29) is 17.0 Å². The van der Waals surface area contributed by atoms with Crippen molar-refractivity contribution in [3.05, 3.63) is 10.0 Å². The molecule has 1 unspecified atom stereocenters. The van der Waals surface area contributed by atoms with E-state index in [0.29, 0.717) is 29.6 Å². The lowest BCUT2D eigenvalue weighted by atomic mass is 9.97. The molecule has 0 aromatic carbocycles. The normalized spacial score (nSPS) is 18.6. The van der Waals surface area contributed by atoms with E-state index < -0.39 is 0 Å². The van der Waals surface area contributed by atoms with Gasteiger partial charge in [-0.1, -0.05) is 22.9 Å². The zero-order valence-electron chi connectivity index (χ0n) is 10.9. The van der Waals surface area contributed by atoms with E-state index in [0.717, 1.165) is 19.4 Å². The third kappa shape index (κ3) is 3.39. The lowest BCUT2D eigenvalue weighted by Crippen LogP contribution is -2.44. The molecule has 2 rings (SSSR count). The van der Waals surface area contributed by atoms with E-state index in [9.17, 15) is 4.79 Å². The number of nitriles is 1. The van der Waals surface area contributed by atoms with E-state index in [4.69, 9.17) is 22.6 Å². The third-order valence-electron chi connectivity index (χ3n) is 3.18. The Balaban J connectivity index is 2.03. The molecule has 108 valence electrons. The maximum absolute atomic E-state index is 12.0. The van der Waals surface area contributed by atoms with Gasteiger partial charge in [-0.3, -0.25) is 4.79 Å². The number of halogens is 1. The molecule has 20 heavy (non-hydrogen) atoms. The van der Waals surface area contributed by atoms with Gasteiger partial charge >= 0.3 is 0 Å². The Morgan fingerprint density at radius 1 is 1.70 bits per heavy atom. The van der Waals surface area contributed by atoms with Crippen LogP contribution >= 0.6 is 22.9 Å². The van der Waals surface area contributed by atoms with E-state index in [1.54, 1.807) is 0 Å². The number of aromatic nitrogens is 1. The Bertz CT molecular complexity index is 526. The van der Waals surface area contributed by atoms with E-state index in [2.05, 4.69) is 10.3 Å². The first-order valence-electron chi connectivity index (χ1n) is 6.45. The highest BCUT2D eigenvalue weighted by atomic mass is 35.5. The van der Waals surface area contributed by atoms with Crippen LogP contribution < -0.4 is 16.0 Å². The molecule has 1 atom stereocenters. The van der Waals surface area contributed by atoms with Crippen molar-refractivity contribution in [2.75, 3.05) is 31.1 Å². The van der Waals surface area contributed by atoms with Crippen molar-refractivity contribution >= 4 is 34.0 Å². The topological polar surface area (TPSA) is 95.0 Å². The SMILES string of the molecule is N#Cc1sc(N2CCCC(C(=O)NCCN)C2)nc1Cl. The Morgan fingerprint density at radius 2 is 2.50 bits per heavy atom. The number of amides is 1. The molecule has 2 heterocycles. The molecule has 0 bridgehead atoms. The predicted octanol–water partition coefficient (Wildman–Crippen LogP) is 0.959. The molecule has 0 saturated carbocycles. The zero-order chi connectivity index (χ0) is 14.5.